The molecule has 1 aliphatic heterocycles. The van der Waals surface area contributed by atoms with Crippen molar-refractivity contribution in [2.75, 3.05) is 16.4 Å². The number of benzene rings is 3. The smallest absolute Gasteiger partial charge is 0.253 e. The lowest BCUT2D eigenvalue weighted by atomic mass is 9.83. The number of aryl methyl sites for hydroxylation is 1. The molecular formula is C30H28N4O2S. The van der Waals surface area contributed by atoms with Gasteiger partial charge in [0, 0.05) is 28.6 Å². The average molecular weight is 509 g/mol. The third-order valence-electron chi connectivity index (χ3n) is 5.98. The van der Waals surface area contributed by atoms with Crippen molar-refractivity contribution in [2.45, 2.75) is 20.3 Å². The highest BCUT2D eigenvalue weighted by molar-refractivity contribution is 8.03. The summed E-state index contributed by atoms with van der Waals surface area (Å²) in [6.07, 6.45) is 0.486. The van der Waals surface area contributed by atoms with E-state index in [0.29, 0.717) is 34.0 Å². The molecule has 6 nitrogen and oxygen atoms in total. The molecule has 3 aromatic carbocycles. The Morgan fingerprint density at radius 3 is 2.27 bits per heavy atom. The summed E-state index contributed by atoms with van der Waals surface area (Å²) < 4.78 is 0. The van der Waals surface area contributed by atoms with E-state index in [-0.39, 0.29) is 17.6 Å². The van der Waals surface area contributed by atoms with E-state index >= 15 is 0 Å². The summed E-state index contributed by atoms with van der Waals surface area (Å²) in [5.74, 6) is -0.764. The van der Waals surface area contributed by atoms with Crippen molar-refractivity contribution in [1.29, 1.82) is 5.26 Å². The predicted molar refractivity (Wildman–Crippen MR) is 149 cm³/mol. The number of allylic oxidation sites excluding steroid dienone is 2. The topological polar surface area (TPSA) is 94.0 Å². The van der Waals surface area contributed by atoms with Crippen molar-refractivity contribution in [3.05, 3.63) is 118 Å². The van der Waals surface area contributed by atoms with Crippen LogP contribution in [0.1, 0.15) is 18.1 Å². The second-order valence-corrected chi connectivity index (χ2v) is 9.77. The summed E-state index contributed by atoms with van der Waals surface area (Å²) >= 11 is 1.27. The zero-order valence-corrected chi connectivity index (χ0v) is 21.6. The van der Waals surface area contributed by atoms with Gasteiger partial charge in [0.2, 0.25) is 5.91 Å². The Bertz CT molecular complexity index is 1390. The van der Waals surface area contributed by atoms with Gasteiger partial charge in [-0.25, -0.2) is 0 Å². The summed E-state index contributed by atoms with van der Waals surface area (Å²) in [7, 11) is 0. The molecule has 186 valence electrons. The van der Waals surface area contributed by atoms with Crippen molar-refractivity contribution >= 4 is 35.0 Å². The molecule has 7 heteroatoms. The number of thioether (sulfide) groups is 1. The van der Waals surface area contributed by atoms with E-state index in [9.17, 15) is 14.9 Å². The fourth-order valence-electron chi connectivity index (χ4n) is 4.27. The highest BCUT2D eigenvalue weighted by Crippen LogP contribution is 2.36. The van der Waals surface area contributed by atoms with Crippen LogP contribution in [0.2, 0.25) is 0 Å². The number of nitriles is 1. The molecule has 0 aromatic heterocycles. The SMILES string of the molecule is CC1=C(C(=O)Nc2ccccc2)C(Cc2ccccc2)C(C#N)=C(SCC(=O)Nc2cccc(C)c2)N1. The number of carbonyl (C=O) groups is 2. The van der Waals surface area contributed by atoms with Gasteiger partial charge in [0.05, 0.1) is 22.4 Å². The quantitative estimate of drug-likeness (QED) is 0.359. The number of carbonyl (C=O) groups excluding carboxylic acids is 2. The van der Waals surface area contributed by atoms with Gasteiger partial charge in [0.15, 0.2) is 0 Å². The molecule has 2 amide bonds. The normalized spacial score (nSPS) is 15.0. The first-order chi connectivity index (χ1) is 17.9. The van der Waals surface area contributed by atoms with Crippen molar-refractivity contribution in [3.8, 4) is 6.07 Å². The summed E-state index contributed by atoms with van der Waals surface area (Å²) in [6.45, 7) is 3.80. The molecule has 0 fully saturated rings. The van der Waals surface area contributed by atoms with E-state index in [2.05, 4.69) is 22.0 Å². The summed E-state index contributed by atoms with van der Waals surface area (Å²) in [4.78, 5) is 26.1. The third kappa shape index (κ3) is 6.69. The van der Waals surface area contributed by atoms with Crippen LogP contribution in [0, 0.1) is 24.2 Å². The minimum atomic E-state index is -0.459. The van der Waals surface area contributed by atoms with Crippen LogP contribution in [0.5, 0.6) is 0 Å². The minimum Gasteiger partial charge on any atom is -0.353 e. The Balaban J connectivity index is 1.58. The van der Waals surface area contributed by atoms with E-state index < -0.39 is 5.92 Å². The van der Waals surface area contributed by atoms with Gasteiger partial charge in [0.25, 0.3) is 5.91 Å². The lowest BCUT2D eigenvalue weighted by Gasteiger charge is -2.29. The van der Waals surface area contributed by atoms with Gasteiger partial charge in [0.1, 0.15) is 0 Å². The Morgan fingerprint density at radius 1 is 0.919 bits per heavy atom. The van der Waals surface area contributed by atoms with Gasteiger partial charge in [-0.2, -0.15) is 5.26 Å². The van der Waals surface area contributed by atoms with E-state index in [1.54, 1.807) is 0 Å². The molecule has 37 heavy (non-hydrogen) atoms. The van der Waals surface area contributed by atoms with E-state index in [4.69, 9.17) is 0 Å². The number of amides is 2. The fraction of sp³-hybridized carbons (Fsp3) is 0.167. The molecule has 0 radical (unpaired) electrons. The number of para-hydroxylation sites is 1. The lowest BCUT2D eigenvalue weighted by Crippen LogP contribution is -2.33. The standard InChI is InChI=1S/C30H28N4O2S/c1-20-10-9-15-24(16-20)33-27(35)19-37-30-26(18-31)25(17-22-11-5-3-6-12-22)28(21(2)32-30)29(36)34-23-13-7-4-8-14-23/h3-16,25,32H,17,19H2,1-2H3,(H,33,35)(H,34,36). The molecule has 1 heterocycles. The van der Waals surface area contributed by atoms with Crippen LogP contribution < -0.4 is 16.0 Å². The number of anilines is 2. The van der Waals surface area contributed by atoms with Crippen molar-refractivity contribution in [1.82, 2.24) is 5.32 Å². The van der Waals surface area contributed by atoms with Crippen LogP contribution in [-0.2, 0) is 16.0 Å². The molecule has 4 rings (SSSR count). The van der Waals surface area contributed by atoms with Crippen LogP contribution >= 0.6 is 11.8 Å². The molecular weight excluding hydrogens is 480 g/mol. The van der Waals surface area contributed by atoms with Crippen molar-refractivity contribution < 1.29 is 9.59 Å². The van der Waals surface area contributed by atoms with Gasteiger partial charge < -0.3 is 16.0 Å². The molecule has 0 aliphatic carbocycles. The average Bonchev–Trinajstić information content (AvgIpc) is 2.88. The van der Waals surface area contributed by atoms with Crippen LogP contribution in [-0.4, -0.2) is 17.6 Å². The minimum absolute atomic E-state index is 0.123. The maximum atomic E-state index is 13.4. The summed E-state index contributed by atoms with van der Waals surface area (Å²) in [5, 5.41) is 19.9. The molecule has 1 unspecified atom stereocenters. The molecule has 0 saturated carbocycles. The van der Waals surface area contributed by atoms with E-state index in [0.717, 1.165) is 16.8 Å². The maximum absolute atomic E-state index is 13.4. The maximum Gasteiger partial charge on any atom is 0.253 e. The van der Waals surface area contributed by atoms with Gasteiger partial charge in [-0.3, -0.25) is 9.59 Å². The Hall–Kier alpha value is -4.28. The van der Waals surface area contributed by atoms with E-state index in [1.807, 2.05) is 98.8 Å². The molecule has 1 aliphatic rings. The highest BCUT2D eigenvalue weighted by atomic mass is 32.2. The van der Waals surface area contributed by atoms with Crippen molar-refractivity contribution in [2.24, 2.45) is 5.92 Å². The first-order valence-corrected chi connectivity index (χ1v) is 12.9. The molecule has 0 bridgehead atoms. The molecule has 3 aromatic rings. The zero-order valence-electron chi connectivity index (χ0n) is 20.7. The second-order valence-electron chi connectivity index (χ2n) is 8.79. The highest BCUT2D eigenvalue weighted by Gasteiger charge is 2.33. The number of nitrogens with zero attached hydrogens (tertiary/aromatic N) is 1. The summed E-state index contributed by atoms with van der Waals surface area (Å²) in [6, 6.07) is 29.0. The van der Waals surface area contributed by atoms with E-state index in [1.165, 1.54) is 11.8 Å². The number of rotatable bonds is 8. The van der Waals surface area contributed by atoms with Gasteiger partial charge >= 0.3 is 0 Å². The molecule has 0 spiro atoms. The largest absolute Gasteiger partial charge is 0.353 e. The van der Waals surface area contributed by atoms with Crippen LogP contribution in [0.25, 0.3) is 0 Å². The van der Waals surface area contributed by atoms with Gasteiger partial charge in [-0.1, -0.05) is 72.4 Å². The Kier molecular flexibility index (Phi) is 8.44. The zero-order chi connectivity index (χ0) is 26.2. The molecule has 1 atom stereocenters. The van der Waals surface area contributed by atoms with Crippen LogP contribution in [0.3, 0.4) is 0 Å². The number of hydrogen-bond acceptors (Lipinski definition) is 5. The number of hydrogen-bond donors (Lipinski definition) is 3. The monoisotopic (exact) mass is 508 g/mol. The third-order valence-corrected chi connectivity index (χ3v) is 6.99. The summed E-state index contributed by atoms with van der Waals surface area (Å²) in [5.41, 5.74) is 5.10. The fourth-order valence-corrected chi connectivity index (χ4v) is 5.19. The Labute approximate surface area is 221 Å². The second kappa shape index (κ2) is 12.1. The molecule has 0 saturated heterocycles. The number of nitrogens with one attached hydrogen (secondary N) is 3. The van der Waals surface area contributed by atoms with Gasteiger partial charge in [-0.05, 0) is 55.7 Å². The predicted octanol–water partition coefficient (Wildman–Crippen LogP) is 5.78. The van der Waals surface area contributed by atoms with Crippen LogP contribution in [0.15, 0.2) is 107 Å². The lowest BCUT2D eigenvalue weighted by molar-refractivity contribution is -0.114. The van der Waals surface area contributed by atoms with Crippen molar-refractivity contribution in [3.63, 3.8) is 0 Å². The number of dihydropyridines is 1. The first-order valence-electron chi connectivity index (χ1n) is 12.0. The Morgan fingerprint density at radius 2 is 1.59 bits per heavy atom. The van der Waals surface area contributed by atoms with Gasteiger partial charge in [-0.15, -0.1) is 0 Å². The van der Waals surface area contributed by atoms with Crippen LogP contribution in [0.4, 0.5) is 11.4 Å². The molecule has 3 N–H and O–H groups in total. The first kappa shape index (κ1) is 25.8.